The van der Waals surface area contributed by atoms with Crippen molar-refractivity contribution in [3.05, 3.63) is 61.4 Å². The molecule has 0 aliphatic rings. The summed E-state index contributed by atoms with van der Waals surface area (Å²) in [5.41, 5.74) is 0.377. The summed E-state index contributed by atoms with van der Waals surface area (Å²) in [7, 11) is 0. The number of H-pyrrole nitrogens is 1. The van der Waals surface area contributed by atoms with E-state index >= 15 is 0 Å². The number of esters is 1. The SMILES string of the molecule is Cc1sc2nc([C@H](C)OC(=O)Cn3ccccc3=O)[nH]c(=O)c2c1C. The van der Waals surface area contributed by atoms with Crippen molar-refractivity contribution >= 4 is 27.5 Å². The Morgan fingerprint density at radius 2 is 2.12 bits per heavy atom. The van der Waals surface area contributed by atoms with Crippen molar-refractivity contribution in [3.8, 4) is 0 Å². The highest BCUT2D eigenvalue weighted by Crippen LogP contribution is 2.26. The molecule has 7 nitrogen and oxygen atoms in total. The maximum Gasteiger partial charge on any atom is 0.326 e. The highest BCUT2D eigenvalue weighted by molar-refractivity contribution is 7.18. The van der Waals surface area contributed by atoms with E-state index in [1.54, 1.807) is 19.1 Å². The topological polar surface area (TPSA) is 94.0 Å². The highest BCUT2D eigenvalue weighted by atomic mass is 32.1. The van der Waals surface area contributed by atoms with Gasteiger partial charge in [-0.05, 0) is 32.4 Å². The number of aromatic nitrogens is 3. The van der Waals surface area contributed by atoms with Gasteiger partial charge in [0.25, 0.3) is 11.1 Å². The number of carbonyl (C=O) groups is 1. The Morgan fingerprint density at radius 1 is 1.36 bits per heavy atom. The molecule has 25 heavy (non-hydrogen) atoms. The van der Waals surface area contributed by atoms with E-state index in [0.717, 1.165) is 10.4 Å². The molecule has 0 aliphatic heterocycles. The summed E-state index contributed by atoms with van der Waals surface area (Å²) in [4.78, 5) is 44.7. The molecule has 8 heteroatoms. The molecular formula is C17H17N3O4S. The van der Waals surface area contributed by atoms with Crippen LogP contribution in [0.1, 0.15) is 29.3 Å². The van der Waals surface area contributed by atoms with E-state index in [4.69, 9.17) is 4.74 Å². The Morgan fingerprint density at radius 3 is 2.84 bits per heavy atom. The molecule has 3 rings (SSSR count). The van der Waals surface area contributed by atoms with E-state index in [-0.39, 0.29) is 23.5 Å². The lowest BCUT2D eigenvalue weighted by molar-refractivity contribution is -0.149. The molecule has 0 spiro atoms. The first kappa shape index (κ1) is 17.1. The van der Waals surface area contributed by atoms with Crippen LogP contribution in [0, 0.1) is 13.8 Å². The lowest BCUT2D eigenvalue weighted by atomic mass is 10.2. The van der Waals surface area contributed by atoms with Gasteiger partial charge in [0.05, 0.1) is 5.39 Å². The number of ether oxygens (including phenoxy) is 1. The quantitative estimate of drug-likeness (QED) is 0.720. The van der Waals surface area contributed by atoms with Gasteiger partial charge in [-0.2, -0.15) is 0 Å². The van der Waals surface area contributed by atoms with Crippen molar-refractivity contribution in [2.24, 2.45) is 0 Å². The number of pyridine rings is 1. The number of rotatable bonds is 4. The molecule has 0 aliphatic carbocycles. The van der Waals surface area contributed by atoms with Gasteiger partial charge in [0.15, 0.2) is 11.9 Å². The maximum atomic E-state index is 12.3. The molecule has 0 radical (unpaired) electrons. The molecule has 0 unspecified atom stereocenters. The molecule has 0 saturated heterocycles. The third-order valence-corrected chi connectivity index (χ3v) is 5.05. The second kappa shape index (κ2) is 6.64. The normalized spacial score (nSPS) is 12.3. The van der Waals surface area contributed by atoms with E-state index in [1.807, 2.05) is 13.8 Å². The van der Waals surface area contributed by atoms with Crippen LogP contribution in [0.25, 0.3) is 10.2 Å². The molecule has 1 N–H and O–H groups in total. The Hall–Kier alpha value is -2.74. The molecular weight excluding hydrogens is 342 g/mol. The van der Waals surface area contributed by atoms with Crippen LogP contribution in [0.15, 0.2) is 34.0 Å². The summed E-state index contributed by atoms with van der Waals surface area (Å²) in [6.45, 7) is 5.24. The Balaban J connectivity index is 1.81. The summed E-state index contributed by atoms with van der Waals surface area (Å²) in [6, 6.07) is 4.62. The Bertz CT molecular complexity index is 1060. The van der Waals surface area contributed by atoms with Crippen molar-refractivity contribution in [1.29, 1.82) is 0 Å². The number of fused-ring (bicyclic) bond motifs is 1. The largest absolute Gasteiger partial charge is 0.453 e. The predicted molar refractivity (Wildman–Crippen MR) is 94.9 cm³/mol. The molecule has 3 heterocycles. The van der Waals surface area contributed by atoms with Gasteiger partial charge in [-0.1, -0.05) is 6.07 Å². The van der Waals surface area contributed by atoms with Gasteiger partial charge in [0.2, 0.25) is 0 Å². The minimum atomic E-state index is -0.730. The second-order valence-corrected chi connectivity index (χ2v) is 6.92. The van der Waals surface area contributed by atoms with E-state index in [1.165, 1.54) is 28.2 Å². The fourth-order valence-electron chi connectivity index (χ4n) is 2.48. The van der Waals surface area contributed by atoms with Crippen molar-refractivity contribution in [3.63, 3.8) is 0 Å². The smallest absolute Gasteiger partial charge is 0.326 e. The third-order valence-electron chi connectivity index (χ3n) is 3.95. The van der Waals surface area contributed by atoms with Gasteiger partial charge in [0.1, 0.15) is 11.4 Å². The highest BCUT2D eigenvalue weighted by Gasteiger charge is 2.18. The van der Waals surface area contributed by atoms with Crippen LogP contribution in [0.4, 0.5) is 0 Å². The second-order valence-electron chi connectivity index (χ2n) is 5.71. The molecule has 3 aromatic heterocycles. The zero-order chi connectivity index (χ0) is 18.1. The summed E-state index contributed by atoms with van der Waals surface area (Å²) >= 11 is 1.43. The van der Waals surface area contributed by atoms with Crippen LogP contribution in [0.2, 0.25) is 0 Å². The van der Waals surface area contributed by atoms with Crippen LogP contribution >= 0.6 is 11.3 Å². The van der Waals surface area contributed by atoms with E-state index in [0.29, 0.717) is 10.2 Å². The number of aryl methyl sites for hydroxylation is 2. The summed E-state index contributed by atoms with van der Waals surface area (Å²) in [6.07, 6.45) is 0.782. The maximum absolute atomic E-state index is 12.3. The molecule has 0 amide bonds. The number of nitrogens with zero attached hydrogens (tertiary/aromatic N) is 2. The predicted octanol–water partition coefficient (Wildman–Crippen LogP) is 2.07. The molecule has 0 saturated carbocycles. The van der Waals surface area contributed by atoms with Crippen LogP contribution in [-0.4, -0.2) is 20.5 Å². The lowest BCUT2D eigenvalue weighted by Gasteiger charge is -2.13. The average molecular weight is 359 g/mol. The van der Waals surface area contributed by atoms with Crippen LogP contribution < -0.4 is 11.1 Å². The first-order chi connectivity index (χ1) is 11.9. The van der Waals surface area contributed by atoms with Crippen molar-refractivity contribution < 1.29 is 9.53 Å². The third kappa shape index (κ3) is 3.39. The molecule has 3 aromatic rings. The van der Waals surface area contributed by atoms with E-state index in [2.05, 4.69) is 9.97 Å². The lowest BCUT2D eigenvalue weighted by Crippen LogP contribution is -2.25. The number of hydrogen-bond acceptors (Lipinski definition) is 6. The minimum Gasteiger partial charge on any atom is -0.453 e. The number of thiophene rings is 1. The average Bonchev–Trinajstić information content (AvgIpc) is 2.84. The zero-order valence-electron chi connectivity index (χ0n) is 14.0. The van der Waals surface area contributed by atoms with Crippen LogP contribution in [0.3, 0.4) is 0 Å². The molecule has 0 bridgehead atoms. The van der Waals surface area contributed by atoms with Gasteiger partial charge in [-0.3, -0.25) is 14.4 Å². The van der Waals surface area contributed by atoms with E-state index < -0.39 is 12.1 Å². The molecule has 0 fully saturated rings. The van der Waals surface area contributed by atoms with Crippen LogP contribution in [-0.2, 0) is 16.1 Å². The standard InChI is InChI=1S/C17H17N3O4S/c1-9-11(3)25-17-14(9)16(23)18-15(19-17)10(2)24-13(22)8-20-7-5-4-6-12(20)21/h4-7,10H,8H2,1-3H3,(H,18,19,23)/t10-/m0/s1. The molecule has 1 atom stereocenters. The monoisotopic (exact) mass is 359 g/mol. The Kier molecular flexibility index (Phi) is 4.54. The minimum absolute atomic E-state index is 0.201. The molecule has 130 valence electrons. The number of hydrogen-bond donors (Lipinski definition) is 1. The Labute approximate surface area is 146 Å². The van der Waals surface area contributed by atoms with Gasteiger partial charge >= 0.3 is 5.97 Å². The van der Waals surface area contributed by atoms with Crippen LogP contribution in [0.5, 0.6) is 0 Å². The number of carbonyl (C=O) groups excluding carboxylic acids is 1. The van der Waals surface area contributed by atoms with Crippen molar-refractivity contribution in [2.45, 2.75) is 33.4 Å². The fraction of sp³-hybridized carbons (Fsp3) is 0.294. The van der Waals surface area contributed by atoms with Gasteiger partial charge < -0.3 is 14.3 Å². The van der Waals surface area contributed by atoms with Crippen molar-refractivity contribution in [1.82, 2.24) is 14.5 Å². The van der Waals surface area contributed by atoms with E-state index in [9.17, 15) is 14.4 Å². The van der Waals surface area contributed by atoms with Gasteiger partial charge in [-0.25, -0.2) is 4.98 Å². The van der Waals surface area contributed by atoms with Gasteiger partial charge in [0, 0.05) is 17.1 Å². The fourth-order valence-corrected chi connectivity index (χ4v) is 3.52. The number of aromatic amines is 1. The summed E-state index contributed by atoms with van der Waals surface area (Å²) in [5.74, 6) is -0.297. The van der Waals surface area contributed by atoms with Gasteiger partial charge in [-0.15, -0.1) is 11.3 Å². The number of nitrogens with one attached hydrogen (secondary N) is 1. The molecule has 0 aromatic carbocycles. The zero-order valence-corrected chi connectivity index (χ0v) is 14.8. The summed E-state index contributed by atoms with van der Waals surface area (Å²) < 4.78 is 6.56. The first-order valence-corrected chi connectivity index (χ1v) is 8.53. The van der Waals surface area contributed by atoms with Crippen molar-refractivity contribution in [2.75, 3.05) is 0 Å². The first-order valence-electron chi connectivity index (χ1n) is 7.71. The summed E-state index contributed by atoms with van der Waals surface area (Å²) in [5, 5.41) is 0.570.